The Morgan fingerprint density at radius 1 is 1.23 bits per heavy atom. The van der Waals surface area contributed by atoms with Crippen molar-refractivity contribution in [2.24, 2.45) is 0 Å². The predicted octanol–water partition coefficient (Wildman–Crippen LogP) is 2.39. The second-order valence-electron chi connectivity index (χ2n) is 6.36. The fourth-order valence-corrected chi connectivity index (χ4v) is 3.01. The number of carbonyl (C=O) groups is 2. The molecule has 2 aromatic rings. The molecule has 0 unspecified atom stereocenters. The van der Waals surface area contributed by atoms with Gasteiger partial charge in [-0.05, 0) is 43.4 Å². The molecule has 7 heteroatoms. The Hall–Kier alpha value is -2.83. The summed E-state index contributed by atoms with van der Waals surface area (Å²) in [5, 5.41) is 15.8. The first kappa shape index (κ1) is 18.0. The molecule has 1 aliphatic rings. The van der Waals surface area contributed by atoms with Gasteiger partial charge in [0.05, 0.1) is 24.1 Å². The number of nitrogens with zero attached hydrogens (tertiary/aromatic N) is 2. The lowest BCUT2D eigenvalue weighted by Gasteiger charge is -2.14. The molecule has 1 aromatic heterocycles. The molecule has 1 amide bonds. The molecule has 0 saturated carbocycles. The minimum absolute atomic E-state index is 0.0952. The number of aromatic nitrogens is 2. The zero-order valence-electron chi connectivity index (χ0n) is 14.6. The van der Waals surface area contributed by atoms with Crippen LogP contribution in [0.4, 0.5) is 0 Å². The summed E-state index contributed by atoms with van der Waals surface area (Å²) in [5.74, 6) is -0.224. The maximum atomic E-state index is 12.4. The van der Waals surface area contributed by atoms with E-state index >= 15 is 0 Å². The van der Waals surface area contributed by atoms with Crippen LogP contribution >= 0.6 is 0 Å². The van der Waals surface area contributed by atoms with Gasteiger partial charge in [0, 0.05) is 19.5 Å². The van der Waals surface area contributed by atoms with Crippen molar-refractivity contribution in [3.8, 4) is 5.75 Å². The molecule has 0 radical (unpaired) electrons. The van der Waals surface area contributed by atoms with E-state index in [4.69, 9.17) is 9.84 Å². The molecule has 0 fully saturated rings. The van der Waals surface area contributed by atoms with Gasteiger partial charge in [-0.25, -0.2) is 0 Å². The van der Waals surface area contributed by atoms with Gasteiger partial charge in [-0.2, -0.15) is 5.10 Å². The highest BCUT2D eigenvalue weighted by molar-refractivity contribution is 5.95. The minimum Gasteiger partial charge on any atom is -0.494 e. The number of fused-ring (bicyclic) bond motifs is 1. The number of amides is 1. The number of carboxylic acid groups (broad SMARTS) is 1. The van der Waals surface area contributed by atoms with Crippen LogP contribution in [-0.2, 0) is 24.3 Å². The topological polar surface area (TPSA) is 93.4 Å². The number of rotatable bonds is 8. The average Bonchev–Trinajstić information content (AvgIpc) is 3.08. The molecule has 0 spiro atoms. The van der Waals surface area contributed by atoms with Crippen LogP contribution in [0.25, 0.3) is 0 Å². The number of hydrogen-bond donors (Lipinski definition) is 2. The van der Waals surface area contributed by atoms with Gasteiger partial charge in [0.1, 0.15) is 5.75 Å². The van der Waals surface area contributed by atoms with Gasteiger partial charge < -0.3 is 15.2 Å². The molecule has 7 nitrogen and oxygen atoms in total. The number of nitrogens with one attached hydrogen (secondary N) is 1. The first-order chi connectivity index (χ1) is 12.6. The minimum atomic E-state index is -0.820. The summed E-state index contributed by atoms with van der Waals surface area (Å²) in [5.41, 5.74) is 2.67. The van der Waals surface area contributed by atoms with Crippen molar-refractivity contribution in [3.05, 3.63) is 47.3 Å². The van der Waals surface area contributed by atoms with E-state index in [1.807, 2.05) is 28.9 Å². The van der Waals surface area contributed by atoms with Gasteiger partial charge in [0.25, 0.3) is 5.91 Å². The van der Waals surface area contributed by atoms with Crippen molar-refractivity contribution in [3.63, 3.8) is 0 Å². The lowest BCUT2D eigenvalue weighted by atomic mass is 10.1. The fraction of sp³-hybridized carbons (Fsp3) is 0.421. The maximum Gasteiger partial charge on any atom is 0.303 e. The summed E-state index contributed by atoms with van der Waals surface area (Å²) < 4.78 is 7.42. The third-order valence-corrected chi connectivity index (χ3v) is 4.41. The quantitative estimate of drug-likeness (QED) is 0.708. The lowest BCUT2D eigenvalue weighted by molar-refractivity contribution is -0.137. The van der Waals surface area contributed by atoms with Crippen molar-refractivity contribution < 1.29 is 19.4 Å². The highest BCUT2D eigenvalue weighted by Gasteiger charge is 2.19. The second kappa shape index (κ2) is 8.51. The van der Waals surface area contributed by atoms with Gasteiger partial charge >= 0.3 is 5.97 Å². The Balaban J connectivity index is 1.48. The van der Waals surface area contributed by atoms with Crippen LogP contribution in [0.5, 0.6) is 5.75 Å². The Kier molecular flexibility index (Phi) is 5.88. The second-order valence-corrected chi connectivity index (χ2v) is 6.36. The molecular formula is C19H23N3O4. The monoisotopic (exact) mass is 357 g/mol. The van der Waals surface area contributed by atoms with Gasteiger partial charge in [0.15, 0.2) is 0 Å². The van der Waals surface area contributed by atoms with Crippen LogP contribution in [0.2, 0.25) is 0 Å². The number of hydrogen-bond acceptors (Lipinski definition) is 4. The lowest BCUT2D eigenvalue weighted by Crippen LogP contribution is -2.24. The number of aryl methyl sites for hydroxylation is 1. The van der Waals surface area contributed by atoms with Crippen molar-refractivity contribution in [2.75, 3.05) is 6.61 Å². The highest BCUT2D eigenvalue weighted by Crippen LogP contribution is 2.18. The maximum absolute atomic E-state index is 12.4. The van der Waals surface area contributed by atoms with Crippen molar-refractivity contribution in [2.45, 2.75) is 45.2 Å². The molecule has 0 atom stereocenters. The Morgan fingerprint density at radius 2 is 2.04 bits per heavy atom. The van der Waals surface area contributed by atoms with Gasteiger partial charge in [-0.1, -0.05) is 12.1 Å². The molecule has 0 saturated heterocycles. The Morgan fingerprint density at radius 3 is 2.81 bits per heavy atom. The fourth-order valence-electron chi connectivity index (χ4n) is 3.01. The van der Waals surface area contributed by atoms with Crippen LogP contribution in [-0.4, -0.2) is 33.4 Å². The third kappa shape index (κ3) is 4.62. The van der Waals surface area contributed by atoms with E-state index < -0.39 is 5.97 Å². The molecule has 2 N–H and O–H groups in total. The number of benzene rings is 1. The molecule has 2 heterocycles. The molecule has 0 bridgehead atoms. The van der Waals surface area contributed by atoms with Crippen LogP contribution in [0.15, 0.2) is 30.5 Å². The molecule has 1 aromatic carbocycles. The van der Waals surface area contributed by atoms with E-state index in [-0.39, 0.29) is 12.3 Å². The summed E-state index contributed by atoms with van der Waals surface area (Å²) in [6.45, 7) is 1.69. The van der Waals surface area contributed by atoms with Crippen molar-refractivity contribution >= 4 is 11.9 Å². The van der Waals surface area contributed by atoms with E-state index in [1.54, 1.807) is 6.20 Å². The smallest absolute Gasteiger partial charge is 0.303 e. The summed E-state index contributed by atoms with van der Waals surface area (Å²) in [6.07, 6.45) is 5.34. The summed E-state index contributed by atoms with van der Waals surface area (Å²) in [6, 6.07) is 7.43. The number of carboxylic acids is 1. The number of aliphatic carboxylic acids is 1. The van der Waals surface area contributed by atoms with Crippen LogP contribution in [0.1, 0.15) is 47.3 Å². The van der Waals surface area contributed by atoms with E-state index in [1.165, 1.54) is 0 Å². The van der Waals surface area contributed by atoms with Crippen LogP contribution in [0, 0.1) is 0 Å². The summed E-state index contributed by atoms with van der Waals surface area (Å²) in [4.78, 5) is 22.9. The first-order valence-electron chi connectivity index (χ1n) is 8.90. The Labute approximate surface area is 152 Å². The summed E-state index contributed by atoms with van der Waals surface area (Å²) in [7, 11) is 0. The van der Waals surface area contributed by atoms with Crippen molar-refractivity contribution in [1.29, 1.82) is 0 Å². The first-order valence-corrected chi connectivity index (χ1v) is 8.90. The third-order valence-electron chi connectivity index (χ3n) is 4.41. The van der Waals surface area contributed by atoms with E-state index in [0.717, 1.165) is 37.1 Å². The van der Waals surface area contributed by atoms with E-state index in [9.17, 15) is 9.59 Å². The Bertz CT molecular complexity index is 768. The molecule has 138 valence electrons. The molecule has 3 rings (SSSR count). The molecule has 0 aliphatic carbocycles. The molecular weight excluding hydrogens is 334 g/mol. The standard InChI is InChI=1S/C19H23N3O4/c23-18(24)5-3-11-26-15-8-6-14(7-9-15)12-20-19(25)16-13-21-22-10-2-1-4-17(16)22/h6-9,13H,1-5,10-12H2,(H,20,25)(H,23,24). The predicted molar refractivity (Wildman–Crippen MR) is 95.1 cm³/mol. The molecule has 26 heavy (non-hydrogen) atoms. The normalized spacial score (nSPS) is 13.1. The van der Waals surface area contributed by atoms with Gasteiger partial charge in [-0.15, -0.1) is 0 Å². The van der Waals surface area contributed by atoms with Crippen LogP contribution < -0.4 is 10.1 Å². The molecule has 1 aliphatic heterocycles. The van der Waals surface area contributed by atoms with Crippen LogP contribution in [0.3, 0.4) is 0 Å². The van der Waals surface area contributed by atoms with Gasteiger partial charge in [0.2, 0.25) is 0 Å². The zero-order valence-corrected chi connectivity index (χ0v) is 14.6. The zero-order chi connectivity index (χ0) is 18.4. The highest BCUT2D eigenvalue weighted by atomic mass is 16.5. The number of ether oxygens (including phenoxy) is 1. The average molecular weight is 357 g/mol. The van der Waals surface area contributed by atoms with E-state index in [2.05, 4.69) is 10.4 Å². The van der Waals surface area contributed by atoms with Gasteiger partial charge in [-0.3, -0.25) is 14.3 Å². The SMILES string of the molecule is O=C(O)CCCOc1ccc(CNC(=O)c2cnn3c2CCCC3)cc1. The van der Waals surface area contributed by atoms with E-state index in [0.29, 0.717) is 30.9 Å². The van der Waals surface area contributed by atoms with Crippen molar-refractivity contribution in [1.82, 2.24) is 15.1 Å². The largest absolute Gasteiger partial charge is 0.494 e. The summed E-state index contributed by atoms with van der Waals surface area (Å²) >= 11 is 0. The number of carbonyl (C=O) groups excluding carboxylic acids is 1.